The maximum Gasteiger partial charge on any atom is 0.267 e. The van der Waals surface area contributed by atoms with E-state index in [2.05, 4.69) is 20.4 Å². The molecule has 0 bridgehead atoms. The topological polar surface area (TPSA) is 81.9 Å². The highest BCUT2D eigenvalue weighted by atomic mass is 32.2. The summed E-state index contributed by atoms with van der Waals surface area (Å²) in [5.41, 5.74) is 2.92. The minimum atomic E-state index is -0.161. The largest absolute Gasteiger partial charge is 0.377 e. The maximum atomic E-state index is 12.7. The van der Waals surface area contributed by atoms with E-state index in [0.717, 1.165) is 45.9 Å². The van der Waals surface area contributed by atoms with Crippen molar-refractivity contribution in [2.24, 2.45) is 0 Å². The Balaban J connectivity index is 1.48. The predicted octanol–water partition coefficient (Wildman–Crippen LogP) is 2.03. The third kappa shape index (κ3) is 3.08. The van der Waals surface area contributed by atoms with E-state index in [1.54, 1.807) is 17.1 Å². The zero-order valence-corrected chi connectivity index (χ0v) is 15.5. The fourth-order valence-corrected chi connectivity index (χ4v) is 4.64. The number of ether oxygens (including phenoxy) is 1. The Morgan fingerprint density at radius 2 is 2.15 bits per heavy atom. The monoisotopic (exact) mass is 381 g/mol. The highest BCUT2D eigenvalue weighted by Crippen LogP contribution is 2.26. The van der Waals surface area contributed by atoms with Gasteiger partial charge in [-0.05, 0) is 23.4 Å². The first-order valence-corrected chi connectivity index (χ1v) is 10.2. The van der Waals surface area contributed by atoms with Gasteiger partial charge in [-0.25, -0.2) is 14.6 Å². The molecule has 1 aromatic carbocycles. The number of nitrogens with zero attached hydrogens (tertiary/aromatic N) is 4. The zero-order chi connectivity index (χ0) is 18.2. The van der Waals surface area contributed by atoms with Gasteiger partial charge in [0, 0.05) is 23.6 Å². The highest BCUT2D eigenvalue weighted by Gasteiger charge is 2.32. The first kappa shape index (κ1) is 16.7. The summed E-state index contributed by atoms with van der Waals surface area (Å²) in [6.45, 7) is 0.963. The molecule has 0 amide bonds. The molecule has 138 valence electrons. The minimum Gasteiger partial charge on any atom is -0.377 e. The van der Waals surface area contributed by atoms with Crippen molar-refractivity contribution in [2.75, 3.05) is 24.3 Å². The van der Waals surface area contributed by atoms with Gasteiger partial charge in [0.25, 0.3) is 5.56 Å². The lowest BCUT2D eigenvalue weighted by Crippen LogP contribution is -2.38. The van der Waals surface area contributed by atoms with Crippen molar-refractivity contribution < 1.29 is 4.74 Å². The normalized spacial score (nSPS) is 21.9. The number of aryl methyl sites for hydroxylation is 1. The van der Waals surface area contributed by atoms with Crippen molar-refractivity contribution >= 4 is 28.5 Å². The molecule has 8 heteroatoms. The van der Waals surface area contributed by atoms with Crippen molar-refractivity contribution in [1.29, 1.82) is 0 Å². The molecule has 1 saturated heterocycles. The van der Waals surface area contributed by atoms with Crippen LogP contribution in [0, 0.1) is 0 Å². The summed E-state index contributed by atoms with van der Waals surface area (Å²) in [7, 11) is 0. The Morgan fingerprint density at radius 3 is 3.11 bits per heavy atom. The van der Waals surface area contributed by atoms with Crippen LogP contribution in [0.5, 0.6) is 0 Å². The minimum absolute atomic E-state index is 0.0638. The van der Waals surface area contributed by atoms with Crippen LogP contribution in [0.15, 0.2) is 41.5 Å². The van der Waals surface area contributed by atoms with Crippen molar-refractivity contribution in [3.8, 4) is 0 Å². The third-order valence-corrected chi connectivity index (χ3v) is 6.10. The average Bonchev–Trinajstić information content (AvgIpc) is 3.15. The first-order valence-electron chi connectivity index (χ1n) is 9.03. The number of thioether (sulfide) groups is 1. The Bertz CT molecular complexity index is 1050. The molecule has 0 aliphatic carbocycles. The number of para-hydroxylation sites is 1. The van der Waals surface area contributed by atoms with Crippen LogP contribution in [0.3, 0.4) is 0 Å². The van der Waals surface area contributed by atoms with E-state index in [1.807, 2.05) is 36.0 Å². The summed E-state index contributed by atoms with van der Waals surface area (Å²) in [4.78, 5) is 21.4. The van der Waals surface area contributed by atoms with Gasteiger partial charge in [0.15, 0.2) is 0 Å². The van der Waals surface area contributed by atoms with Crippen molar-refractivity contribution in [3.05, 3.63) is 58.3 Å². The maximum absolute atomic E-state index is 12.7. The van der Waals surface area contributed by atoms with Crippen LogP contribution < -0.4 is 10.9 Å². The second-order valence-electron chi connectivity index (χ2n) is 6.80. The number of anilines is 1. The van der Waals surface area contributed by atoms with Crippen LogP contribution in [0.2, 0.25) is 0 Å². The van der Waals surface area contributed by atoms with Gasteiger partial charge >= 0.3 is 0 Å². The molecule has 0 saturated carbocycles. The van der Waals surface area contributed by atoms with Crippen LogP contribution in [0.1, 0.15) is 17.3 Å². The van der Waals surface area contributed by atoms with Crippen LogP contribution in [-0.4, -0.2) is 44.8 Å². The lowest BCUT2D eigenvalue weighted by Gasteiger charge is -2.23. The number of benzene rings is 1. The Kier molecular flexibility index (Phi) is 4.29. The van der Waals surface area contributed by atoms with Gasteiger partial charge < -0.3 is 10.1 Å². The molecule has 2 aliphatic heterocycles. The van der Waals surface area contributed by atoms with E-state index >= 15 is 0 Å². The molecule has 27 heavy (non-hydrogen) atoms. The van der Waals surface area contributed by atoms with E-state index in [0.29, 0.717) is 13.2 Å². The number of aromatic nitrogens is 4. The van der Waals surface area contributed by atoms with Crippen molar-refractivity contribution in [1.82, 2.24) is 19.7 Å². The summed E-state index contributed by atoms with van der Waals surface area (Å²) in [5.74, 6) is 2.67. The molecule has 2 atom stereocenters. The molecule has 0 radical (unpaired) electrons. The molecule has 3 aromatic rings. The summed E-state index contributed by atoms with van der Waals surface area (Å²) in [6.07, 6.45) is 2.46. The predicted molar refractivity (Wildman–Crippen MR) is 105 cm³/mol. The lowest BCUT2D eigenvalue weighted by molar-refractivity contribution is 0.182. The quantitative estimate of drug-likeness (QED) is 0.743. The smallest absolute Gasteiger partial charge is 0.267 e. The van der Waals surface area contributed by atoms with Crippen LogP contribution in [-0.2, 0) is 16.9 Å². The summed E-state index contributed by atoms with van der Waals surface area (Å²) < 4.78 is 7.30. The number of hydrogen-bond donors (Lipinski definition) is 1. The van der Waals surface area contributed by atoms with Gasteiger partial charge in [0.1, 0.15) is 18.2 Å². The van der Waals surface area contributed by atoms with E-state index in [4.69, 9.17) is 4.74 Å². The molecule has 4 heterocycles. The molecule has 5 rings (SSSR count). The fourth-order valence-electron chi connectivity index (χ4n) is 3.68. The van der Waals surface area contributed by atoms with Crippen molar-refractivity contribution in [3.63, 3.8) is 0 Å². The summed E-state index contributed by atoms with van der Waals surface area (Å²) in [6, 6.07) is 9.37. The zero-order valence-electron chi connectivity index (χ0n) is 14.7. The Hall–Kier alpha value is -2.45. The average molecular weight is 381 g/mol. The van der Waals surface area contributed by atoms with Crippen molar-refractivity contribution in [2.45, 2.75) is 24.3 Å². The van der Waals surface area contributed by atoms with Gasteiger partial charge in [-0.15, -0.1) is 0 Å². The standard InChI is InChI=1S/C19H19N5O2S/c25-18-7-12-10-27-6-5-14(12)23-24(18)17-9-26-8-16(17)22-19-13-3-1-2-4-15(13)20-11-21-19/h1-4,7,11,16-17H,5-6,8-10H2,(H,20,21,22). The van der Waals surface area contributed by atoms with Gasteiger partial charge in [-0.2, -0.15) is 16.9 Å². The molecule has 1 N–H and O–H groups in total. The molecule has 2 aromatic heterocycles. The fraction of sp³-hybridized carbons (Fsp3) is 0.368. The number of rotatable bonds is 3. The molecule has 1 fully saturated rings. The van der Waals surface area contributed by atoms with Gasteiger partial charge in [-0.1, -0.05) is 12.1 Å². The Labute approximate surface area is 160 Å². The molecule has 7 nitrogen and oxygen atoms in total. The van der Waals surface area contributed by atoms with Crippen LogP contribution >= 0.6 is 11.8 Å². The molecule has 2 aliphatic rings. The number of nitrogens with one attached hydrogen (secondary N) is 1. The van der Waals surface area contributed by atoms with Gasteiger partial charge in [-0.3, -0.25) is 4.79 Å². The van der Waals surface area contributed by atoms with Gasteiger partial charge in [0.2, 0.25) is 0 Å². The van der Waals surface area contributed by atoms with Crippen LogP contribution in [0.4, 0.5) is 5.82 Å². The number of hydrogen-bond acceptors (Lipinski definition) is 7. The number of fused-ring (bicyclic) bond motifs is 2. The van der Waals surface area contributed by atoms with Gasteiger partial charge in [0.05, 0.1) is 30.5 Å². The lowest BCUT2D eigenvalue weighted by atomic mass is 10.1. The summed E-state index contributed by atoms with van der Waals surface area (Å²) >= 11 is 1.85. The third-order valence-electron chi connectivity index (χ3n) is 5.09. The van der Waals surface area contributed by atoms with E-state index in [1.165, 1.54) is 0 Å². The Morgan fingerprint density at radius 1 is 1.22 bits per heavy atom. The second-order valence-corrected chi connectivity index (χ2v) is 7.90. The first-order chi connectivity index (χ1) is 13.3. The SMILES string of the molecule is O=c1cc2c(nn1C1COCC1Nc1ncnc3ccccc13)CCSC2. The molecule has 2 unspecified atom stereocenters. The second kappa shape index (κ2) is 6.94. The highest BCUT2D eigenvalue weighted by molar-refractivity contribution is 7.98. The molecular weight excluding hydrogens is 362 g/mol. The van der Waals surface area contributed by atoms with E-state index in [-0.39, 0.29) is 17.6 Å². The molecule has 0 spiro atoms. The van der Waals surface area contributed by atoms with E-state index in [9.17, 15) is 4.79 Å². The summed E-state index contributed by atoms with van der Waals surface area (Å²) in [5, 5.41) is 9.10. The van der Waals surface area contributed by atoms with Crippen LogP contribution in [0.25, 0.3) is 10.9 Å². The molecular formula is C19H19N5O2S. The van der Waals surface area contributed by atoms with E-state index < -0.39 is 0 Å².